The molecular formula is C58H42N4. The van der Waals surface area contributed by atoms with Crippen molar-refractivity contribution < 1.29 is 0 Å². The number of aromatic nitrogens is 1. The second-order valence-corrected chi connectivity index (χ2v) is 15.4. The quantitative estimate of drug-likeness (QED) is 0.137. The van der Waals surface area contributed by atoms with Gasteiger partial charge < -0.3 is 19.3 Å². The summed E-state index contributed by atoms with van der Waals surface area (Å²) in [5.74, 6) is 0. The van der Waals surface area contributed by atoms with Crippen LogP contribution >= 0.6 is 0 Å². The molecule has 62 heavy (non-hydrogen) atoms. The van der Waals surface area contributed by atoms with E-state index >= 15 is 0 Å². The third kappa shape index (κ3) is 6.61. The van der Waals surface area contributed by atoms with Gasteiger partial charge in [-0.15, -0.1) is 0 Å². The lowest BCUT2D eigenvalue weighted by atomic mass is 10.1. The van der Waals surface area contributed by atoms with Crippen LogP contribution in [0.5, 0.6) is 0 Å². The maximum absolute atomic E-state index is 2.44. The highest BCUT2D eigenvalue weighted by Crippen LogP contribution is 2.47. The Morgan fingerprint density at radius 3 is 1.26 bits per heavy atom. The number of fused-ring (bicyclic) bond motifs is 4. The molecule has 0 aliphatic rings. The van der Waals surface area contributed by atoms with Crippen molar-refractivity contribution in [3.8, 4) is 5.69 Å². The van der Waals surface area contributed by atoms with Gasteiger partial charge in [-0.05, 0) is 109 Å². The van der Waals surface area contributed by atoms with E-state index < -0.39 is 0 Å². The van der Waals surface area contributed by atoms with Crippen molar-refractivity contribution in [2.24, 2.45) is 0 Å². The largest absolute Gasteiger partial charge is 0.310 e. The fourth-order valence-corrected chi connectivity index (χ4v) is 9.00. The van der Waals surface area contributed by atoms with Gasteiger partial charge in [-0.2, -0.15) is 0 Å². The Hall–Kier alpha value is -8.34. The molecule has 0 spiro atoms. The molecule has 0 saturated heterocycles. The Balaban J connectivity index is 1.18. The first kappa shape index (κ1) is 36.7. The topological polar surface area (TPSA) is 14.7 Å². The minimum absolute atomic E-state index is 1.03. The van der Waals surface area contributed by atoms with Crippen LogP contribution in [0.4, 0.5) is 51.2 Å². The molecule has 0 fully saturated rings. The lowest BCUT2D eigenvalue weighted by molar-refractivity contribution is 1.16. The highest BCUT2D eigenvalue weighted by Gasteiger charge is 2.24. The fourth-order valence-electron chi connectivity index (χ4n) is 9.00. The maximum atomic E-state index is 2.44. The standard InChI is InChI=1S/C58H42N4/c1-5-23-44(24-6-1)59(45-25-7-2-8-26-45)48-31-18-33-50(41-48)61(57-40-20-37-54-53-36-15-16-38-56(53)62(58(54)57)47-29-11-4-12-30-47)51-34-19-32-49(42-51)60(46-27-9-3-10-28-46)55-39-17-22-43-21-13-14-35-52(43)55/h1-42H. The van der Waals surface area contributed by atoms with E-state index in [1.165, 1.54) is 21.5 Å². The number of para-hydroxylation sites is 6. The minimum atomic E-state index is 1.03. The Labute approximate surface area is 362 Å². The molecule has 0 unspecified atom stereocenters. The van der Waals surface area contributed by atoms with Crippen LogP contribution in [-0.2, 0) is 0 Å². The zero-order valence-electron chi connectivity index (χ0n) is 34.0. The van der Waals surface area contributed by atoms with Gasteiger partial charge in [-0.3, -0.25) is 0 Å². The van der Waals surface area contributed by atoms with E-state index in [0.717, 1.165) is 67.9 Å². The van der Waals surface area contributed by atoms with E-state index in [1.807, 2.05) is 0 Å². The zero-order chi connectivity index (χ0) is 41.2. The van der Waals surface area contributed by atoms with Gasteiger partial charge in [0.1, 0.15) is 0 Å². The molecule has 0 bridgehead atoms. The van der Waals surface area contributed by atoms with Crippen molar-refractivity contribution in [1.29, 1.82) is 0 Å². The van der Waals surface area contributed by atoms with Gasteiger partial charge in [0.15, 0.2) is 0 Å². The number of benzene rings is 10. The molecule has 0 N–H and O–H groups in total. The van der Waals surface area contributed by atoms with Crippen molar-refractivity contribution >= 4 is 83.8 Å². The minimum Gasteiger partial charge on any atom is -0.310 e. The second-order valence-electron chi connectivity index (χ2n) is 15.4. The van der Waals surface area contributed by atoms with Gasteiger partial charge in [0.05, 0.1) is 22.4 Å². The van der Waals surface area contributed by atoms with Gasteiger partial charge in [0.2, 0.25) is 0 Å². The molecule has 11 rings (SSSR count). The molecule has 0 aliphatic carbocycles. The smallest absolute Gasteiger partial charge is 0.0782 e. The van der Waals surface area contributed by atoms with E-state index in [-0.39, 0.29) is 0 Å². The first-order valence-corrected chi connectivity index (χ1v) is 21.1. The van der Waals surface area contributed by atoms with Gasteiger partial charge in [0, 0.05) is 61.7 Å². The summed E-state index contributed by atoms with van der Waals surface area (Å²) in [4.78, 5) is 7.15. The summed E-state index contributed by atoms with van der Waals surface area (Å²) >= 11 is 0. The Kier molecular flexibility index (Phi) is 9.49. The highest BCUT2D eigenvalue weighted by molar-refractivity contribution is 6.14. The van der Waals surface area contributed by atoms with Gasteiger partial charge >= 0.3 is 0 Å². The average molecular weight is 795 g/mol. The van der Waals surface area contributed by atoms with E-state index in [1.54, 1.807) is 0 Å². The van der Waals surface area contributed by atoms with Crippen LogP contribution in [0.3, 0.4) is 0 Å². The second kappa shape index (κ2) is 16.0. The van der Waals surface area contributed by atoms with E-state index in [9.17, 15) is 0 Å². The summed E-state index contributed by atoms with van der Waals surface area (Å²) in [7, 11) is 0. The lowest BCUT2D eigenvalue weighted by Crippen LogP contribution is -2.15. The summed E-state index contributed by atoms with van der Waals surface area (Å²) in [6.07, 6.45) is 0. The van der Waals surface area contributed by atoms with Crippen LogP contribution in [0.25, 0.3) is 38.3 Å². The van der Waals surface area contributed by atoms with Crippen molar-refractivity contribution in [3.63, 3.8) is 0 Å². The monoisotopic (exact) mass is 794 g/mol. The van der Waals surface area contributed by atoms with E-state index in [0.29, 0.717) is 0 Å². The summed E-state index contributed by atoms with van der Waals surface area (Å²) < 4.78 is 2.42. The van der Waals surface area contributed by atoms with E-state index in [2.05, 4.69) is 274 Å². The van der Waals surface area contributed by atoms with Crippen LogP contribution in [0, 0.1) is 0 Å². The van der Waals surface area contributed by atoms with Crippen molar-refractivity contribution in [3.05, 3.63) is 255 Å². The Morgan fingerprint density at radius 2 is 0.645 bits per heavy atom. The molecule has 4 nitrogen and oxygen atoms in total. The van der Waals surface area contributed by atoms with Crippen LogP contribution < -0.4 is 14.7 Å². The lowest BCUT2D eigenvalue weighted by Gasteiger charge is -2.31. The molecular weight excluding hydrogens is 753 g/mol. The maximum Gasteiger partial charge on any atom is 0.0782 e. The molecule has 0 amide bonds. The SMILES string of the molecule is c1ccc(N(c2ccccc2)c2cccc(N(c3cccc(N(c4ccccc4)c4cccc5ccccc45)c3)c3cccc4c5ccccc5n(-c5ccccc5)c34)c2)cc1. The summed E-state index contributed by atoms with van der Waals surface area (Å²) in [5, 5.41) is 4.78. The molecule has 0 atom stereocenters. The van der Waals surface area contributed by atoms with E-state index in [4.69, 9.17) is 0 Å². The number of hydrogen-bond acceptors (Lipinski definition) is 3. The Morgan fingerprint density at radius 1 is 0.258 bits per heavy atom. The number of hydrogen-bond donors (Lipinski definition) is 0. The first-order chi connectivity index (χ1) is 30.8. The molecule has 11 aromatic rings. The molecule has 0 radical (unpaired) electrons. The average Bonchev–Trinajstić information content (AvgIpc) is 3.69. The molecule has 1 heterocycles. The summed E-state index contributed by atoms with van der Waals surface area (Å²) in [6, 6.07) is 91.3. The molecule has 0 saturated carbocycles. The van der Waals surface area contributed by atoms with Crippen molar-refractivity contribution in [2.75, 3.05) is 14.7 Å². The van der Waals surface area contributed by atoms with Gasteiger partial charge in [-0.1, -0.05) is 152 Å². The molecule has 1 aromatic heterocycles. The van der Waals surface area contributed by atoms with Gasteiger partial charge in [0.25, 0.3) is 0 Å². The highest BCUT2D eigenvalue weighted by atomic mass is 15.2. The molecule has 294 valence electrons. The van der Waals surface area contributed by atoms with Gasteiger partial charge in [-0.25, -0.2) is 0 Å². The number of rotatable bonds is 10. The molecule has 0 aliphatic heterocycles. The predicted octanol–water partition coefficient (Wildman–Crippen LogP) is 16.3. The fraction of sp³-hybridized carbons (Fsp3) is 0. The third-order valence-corrected chi connectivity index (χ3v) is 11.7. The van der Waals surface area contributed by atoms with Crippen molar-refractivity contribution in [2.45, 2.75) is 0 Å². The van der Waals surface area contributed by atoms with Crippen LogP contribution in [0.1, 0.15) is 0 Å². The predicted molar refractivity (Wildman–Crippen MR) is 262 cm³/mol. The molecule has 10 aromatic carbocycles. The Bertz CT molecular complexity index is 3260. The normalized spacial score (nSPS) is 11.2. The van der Waals surface area contributed by atoms with Crippen LogP contribution in [-0.4, -0.2) is 4.57 Å². The summed E-state index contributed by atoms with van der Waals surface area (Å²) in [5.41, 5.74) is 13.0. The van der Waals surface area contributed by atoms with Crippen LogP contribution in [0.2, 0.25) is 0 Å². The zero-order valence-corrected chi connectivity index (χ0v) is 34.0. The third-order valence-electron chi connectivity index (χ3n) is 11.7. The molecule has 4 heteroatoms. The number of anilines is 9. The van der Waals surface area contributed by atoms with Crippen LogP contribution in [0.15, 0.2) is 255 Å². The van der Waals surface area contributed by atoms with Crippen molar-refractivity contribution in [1.82, 2.24) is 4.57 Å². The number of nitrogens with zero attached hydrogens (tertiary/aromatic N) is 4. The first-order valence-electron chi connectivity index (χ1n) is 21.1. The summed E-state index contributed by atoms with van der Waals surface area (Å²) in [6.45, 7) is 0.